The summed E-state index contributed by atoms with van der Waals surface area (Å²) < 4.78 is 115. The van der Waals surface area contributed by atoms with Crippen molar-refractivity contribution < 1.29 is 46.8 Å². The molecule has 8 nitrogen and oxygen atoms in total. The molecule has 20 heteroatoms. The number of aryl methyl sites for hydroxylation is 1. The lowest BCUT2D eigenvalue weighted by molar-refractivity contribution is -0.0585. The number of hydrogen-bond donors (Lipinski definition) is 1. The van der Waals surface area contributed by atoms with Crippen molar-refractivity contribution in [3.05, 3.63) is 60.3 Å². The molecule has 4 rings (SSSR count). The Morgan fingerprint density at radius 3 is 1.81 bits per heavy atom. The Morgan fingerprint density at radius 1 is 0.865 bits per heavy atom. The fourth-order valence-corrected chi connectivity index (χ4v) is 6.84. The van der Waals surface area contributed by atoms with Crippen LogP contribution in [0.3, 0.4) is 0 Å². The number of fused-ring (bicyclic) bond motifs is 2. The van der Waals surface area contributed by atoms with Crippen LogP contribution in [0.25, 0.3) is 20.2 Å². The molecule has 0 unspecified atom stereocenters. The predicted molar refractivity (Wildman–Crippen MR) is 133 cm³/mol. The molecule has 204 valence electrons. The van der Waals surface area contributed by atoms with E-state index in [9.17, 15) is 48.0 Å². The summed E-state index contributed by atoms with van der Waals surface area (Å²) in [5, 5.41) is 6.33. The quantitative estimate of drug-likeness (QED) is 0.186. The minimum Gasteiger partial charge on any atom is -0.328 e. The summed E-state index contributed by atoms with van der Waals surface area (Å²) in [5.41, 5.74) is -11.5. The molecule has 0 aliphatic rings. The summed E-state index contributed by atoms with van der Waals surface area (Å²) >= 11 is 10.1. The zero-order valence-corrected chi connectivity index (χ0v) is 24.0. The Balaban J connectivity index is 0.000000198. The monoisotopic (exact) mass is 738 g/mol. The van der Waals surface area contributed by atoms with Crippen LogP contribution in [0.15, 0.2) is 49.0 Å². The molecule has 37 heavy (non-hydrogen) atoms. The second-order valence-corrected chi connectivity index (χ2v) is 13.2. The minimum atomic E-state index is -6.85. The van der Waals surface area contributed by atoms with E-state index in [2.05, 4.69) is 53.3 Å². The number of halogens is 8. The van der Waals surface area contributed by atoms with Gasteiger partial charge in [-0.05, 0) is 44.8 Å². The summed E-state index contributed by atoms with van der Waals surface area (Å²) in [4.78, 5) is 17.7. The molecule has 0 fully saturated rings. The molecule has 4 aromatic rings. The summed E-state index contributed by atoms with van der Waals surface area (Å²) in [7, 11) is -13.7. The van der Waals surface area contributed by atoms with Gasteiger partial charge in [0.25, 0.3) is 0 Å². The van der Waals surface area contributed by atoms with Crippen LogP contribution in [0.1, 0.15) is 5.69 Å². The van der Waals surface area contributed by atoms with Gasteiger partial charge in [0.2, 0.25) is 5.56 Å². The molecule has 0 aromatic carbocycles. The molecule has 0 spiro atoms. The average molecular weight is 740 g/mol. The van der Waals surface area contributed by atoms with Crippen molar-refractivity contribution in [3.8, 4) is 0 Å². The number of pyridine rings is 2. The lowest BCUT2D eigenvalue weighted by Gasteiger charge is -2.09. The normalized spacial score (nSPS) is 12.6. The first kappa shape index (κ1) is 31.6. The van der Waals surface area contributed by atoms with Gasteiger partial charge in [-0.25, -0.2) is 0 Å². The van der Waals surface area contributed by atoms with Crippen molar-refractivity contribution in [2.24, 2.45) is 0 Å². The first-order valence-electron chi connectivity index (χ1n) is 8.83. The van der Waals surface area contributed by atoms with Gasteiger partial charge in [-0.1, -0.05) is 0 Å². The fourth-order valence-electron chi connectivity index (χ4n) is 2.10. The molecule has 0 radical (unpaired) electrons. The SMILES string of the molecule is Cc1cc2scc(Br)c2cn1.O=S(=O)(OS(=O)(=O)C(F)(F)F)C(F)(F)F.O=c1cc2scc(Br)c2c[nH]1. The van der Waals surface area contributed by atoms with E-state index < -0.39 is 31.3 Å². The van der Waals surface area contributed by atoms with Gasteiger partial charge in [0.15, 0.2) is 0 Å². The van der Waals surface area contributed by atoms with Gasteiger partial charge in [0.1, 0.15) is 0 Å². The first-order chi connectivity index (χ1) is 16.7. The molecule has 0 saturated heterocycles. The van der Waals surface area contributed by atoms with E-state index in [1.807, 2.05) is 22.1 Å². The smallest absolute Gasteiger partial charge is 0.328 e. The highest BCUT2D eigenvalue weighted by Crippen LogP contribution is 2.32. The van der Waals surface area contributed by atoms with E-state index in [0.29, 0.717) is 0 Å². The molecule has 4 heterocycles. The van der Waals surface area contributed by atoms with Crippen LogP contribution >= 0.6 is 54.5 Å². The number of aromatic nitrogens is 2. The number of nitrogens with zero attached hydrogens (tertiary/aromatic N) is 1. The Morgan fingerprint density at radius 2 is 1.32 bits per heavy atom. The van der Waals surface area contributed by atoms with Gasteiger partial charge >= 0.3 is 31.3 Å². The zero-order valence-electron chi connectivity index (χ0n) is 17.5. The molecule has 0 atom stereocenters. The standard InChI is InChI=1S/C8H6BrNS.C7H4BrNOS.C2F6O5S2/c1-5-2-8-6(3-10-5)7(9)4-11-8;8-5-3-11-6-1-7(10)9-2-4(5)6;3-1(4,5)14(9,10)13-15(11,12)2(6,7)8/h2-4H,1H3;1-3H,(H,9,10);. The summed E-state index contributed by atoms with van der Waals surface area (Å²) in [5.74, 6) is 0. The Hall–Kier alpha value is -1.58. The third-order valence-electron chi connectivity index (χ3n) is 3.73. The van der Waals surface area contributed by atoms with E-state index in [4.69, 9.17) is 0 Å². The van der Waals surface area contributed by atoms with Crippen molar-refractivity contribution in [1.29, 1.82) is 0 Å². The highest BCUT2D eigenvalue weighted by atomic mass is 79.9. The van der Waals surface area contributed by atoms with Crippen LogP contribution in [-0.2, 0) is 23.9 Å². The number of aromatic amines is 1. The number of alkyl halides is 6. The molecule has 0 saturated carbocycles. The van der Waals surface area contributed by atoms with Crippen LogP contribution < -0.4 is 5.56 Å². The van der Waals surface area contributed by atoms with Crippen molar-refractivity contribution in [1.82, 2.24) is 9.97 Å². The lowest BCUT2D eigenvalue weighted by Crippen LogP contribution is -2.34. The van der Waals surface area contributed by atoms with E-state index in [-0.39, 0.29) is 5.56 Å². The van der Waals surface area contributed by atoms with Crippen LogP contribution in [0, 0.1) is 6.92 Å². The van der Waals surface area contributed by atoms with E-state index in [1.165, 1.54) is 10.1 Å². The molecule has 0 aliphatic heterocycles. The first-order valence-corrected chi connectivity index (χ1v) is 15.0. The van der Waals surface area contributed by atoms with Crippen molar-refractivity contribution in [2.45, 2.75) is 17.9 Å². The highest BCUT2D eigenvalue weighted by molar-refractivity contribution is 9.11. The largest absolute Gasteiger partial charge is 0.524 e. The van der Waals surface area contributed by atoms with E-state index >= 15 is 0 Å². The van der Waals surface area contributed by atoms with E-state index in [0.717, 1.165) is 24.7 Å². The maximum atomic E-state index is 11.4. The van der Waals surface area contributed by atoms with Crippen LogP contribution in [0.5, 0.6) is 0 Å². The molecular weight excluding hydrogens is 730 g/mol. The van der Waals surface area contributed by atoms with Gasteiger partial charge in [-0.15, -0.1) is 26.3 Å². The maximum absolute atomic E-state index is 11.4. The number of hydrogen-bond acceptors (Lipinski definition) is 9. The van der Waals surface area contributed by atoms with Gasteiger partial charge in [0.05, 0.1) is 0 Å². The molecule has 4 aromatic heterocycles. The Labute approximate surface area is 228 Å². The predicted octanol–water partition coefficient (Wildman–Crippen LogP) is 6.42. The summed E-state index contributed by atoms with van der Waals surface area (Å²) in [6.07, 6.45) is 3.63. The van der Waals surface area contributed by atoms with Crippen molar-refractivity contribution in [3.63, 3.8) is 0 Å². The summed E-state index contributed by atoms with van der Waals surface area (Å²) in [6, 6.07) is 3.70. The van der Waals surface area contributed by atoms with Gasteiger partial charge in [-0.2, -0.15) is 43.2 Å². The summed E-state index contributed by atoms with van der Waals surface area (Å²) in [6.45, 7) is 2.01. The molecule has 0 bridgehead atoms. The third-order valence-corrected chi connectivity index (χ3v) is 10.1. The Kier molecular flexibility index (Phi) is 9.97. The van der Waals surface area contributed by atoms with Gasteiger partial charge < -0.3 is 4.98 Å². The Bertz CT molecular complexity index is 1640. The minimum absolute atomic E-state index is 0.0492. The van der Waals surface area contributed by atoms with Gasteiger partial charge in [0, 0.05) is 64.0 Å². The zero-order chi connectivity index (χ0) is 28.4. The van der Waals surface area contributed by atoms with Crippen LogP contribution in [0.4, 0.5) is 26.3 Å². The molecular formula is C17H10Br2F6N2O6S4. The van der Waals surface area contributed by atoms with Gasteiger partial charge in [-0.3, -0.25) is 9.78 Å². The number of rotatable bonds is 2. The third kappa shape index (κ3) is 8.20. The molecule has 0 amide bonds. The average Bonchev–Trinajstić information content (AvgIpc) is 3.28. The van der Waals surface area contributed by atoms with Crippen LogP contribution in [0.2, 0.25) is 0 Å². The molecule has 1 N–H and O–H groups in total. The lowest BCUT2D eigenvalue weighted by atomic mass is 10.3. The van der Waals surface area contributed by atoms with Crippen molar-refractivity contribution in [2.75, 3.05) is 0 Å². The topological polar surface area (TPSA) is 123 Å². The fraction of sp³-hybridized carbons (Fsp3) is 0.176. The second-order valence-electron chi connectivity index (χ2n) is 6.43. The number of nitrogens with one attached hydrogen (secondary N) is 1. The number of thiophene rings is 2. The van der Waals surface area contributed by atoms with Crippen molar-refractivity contribution >= 4 is 94.9 Å². The van der Waals surface area contributed by atoms with Crippen LogP contribution in [-0.4, -0.2) is 37.8 Å². The second kappa shape index (κ2) is 11.7. The highest BCUT2D eigenvalue weighted by Gasteiger charge is 2.57. The number of H-pyrrole nitrogens is 1. The molecule has 0 aliphatic carbocycles. The maximum Gasteiger partial charge on any atom is 0.524 e. The van der Waals surface area contributed by atoms with E-state index in [1.54, 1.807) is 34.9 Å².